The summed E-state index contributed by atoms with van der Waals surface area (Å²) in [5.41, 5.74) is 4.49. The number of benzene rings is 2. The van der Waals surface area contributed by atoms with Gasteiger partial charge in [0.2, 0.25) is 0 Å². The molecule has 2 aromatic carbocycles. The molecule has 1 N–H and O–H groups in total. The maximum atomic E-state index is 13.6. The van der Waals surface area contributed by atoms with Gasteiger partial charge in [0.25, 0.3) is 0 Å². The van der Waals surface area contributed by atoms with E-state index in [4.69, 9.17) is 4.74 Å². The Hall–Kier alpha value is -2.50. The number of hydrogen-bond acceptors (Lipinski definition) is 1. The summed E-state index contributed by atoms with van der Waals surface area (Å²) in [5, 5.41) is 0. The van der Waals surface area contributed by atoms with E-state index < -0.39 is 11.6 Å². The Bertz CT molecular complexity index is 907. The van der Waals surface area contributed by atoms with Crippen LogP contribution in [0.3, 0.4) is 0 Å². The molecule has 1 unspecified atom stereocenters. The van der Waals surface area contributed by atoms with E-state index in [1.54, 1.807) is 13.2 Å². The van der Waals surface area contributed by atoms with Gasteiger partial charge in [0, 0.05) is 25.4 Å². The number of aromatic nitrogens is 1. The SMILES string of the molecule is COCC[NH+](Cc1ccc(F)c(F)c1)Cc1cccn1Cc1cccc(C)c1. The van der Waals surface area contributed by atoms with Gasteiger partial charge in [-0.2, -0.15) is 0 Å². The van der Waals surface area contributed by atoms with Crippen LogP contribution >= 0.6 is 0 Å². The molecular formula is C23H27F2N2O+. The lowest BCUT2D eigenvalue weighted by Crippen LogP contribution is -3.10. The predicted molar refractivity (Wildman–Crippen MR) is 106 cm³/mol. The maximum Gasteiger partial charge on any atom is 0.159 e. The highest BCUT2D eigenvalue weighted by Gasteiger charge is 2.15. The number of quaternary nitrogens is 1. The largest absolute Gasteiger partial charge is 0.379 e. The van der Waals surface area contributed by atoms with Crippen molar-refractivity contribution in [2.24, 2.45) is 0 Å². The maximum absolute atomic E-state index is 13.6. The minimum atomic E-state index is -0.811. The van der Waals surface area contributed by atoms with Gasteiger partial charge in [-0.3, -0.25) is 0 Å². The number of nitrogens with one attached hydrogen (secondary N) is 1. The first-order valence-corrected chi connectivity index (χ1v) is 9.51. The smallest absolute Gasteiger partial charge is 0.159 e. The van der Waals surface area contributed by atoms with Gasteiger partial charge in [-0.1, -0.05) is 35.9 Å². The summed E-state index contributed by atoms with van der Waals surface area (Å²) < 4.78 is 34.3. The molecule has 0 saturated carbocycles. The molecule has 3 nitrogen and oxygen atoms in total. The van der Waals surface area contributed by atoms with Crippen LogP contribution in [-0.4, -0.2) is 24.8 Å². The van der Waals surface area contributed by atoms with Crippen LogP contribution < -0.4 is 4.90 Å². The van der Waals surface area contributed by atoms with Crippen LogP contribution in [0.15, 0.2) is 60.8 Å². The van der Waals surface area contributed by atoms with Gasteiger partial charge in [0.1, 0.15) is 19.6 Å². The molecule has 148 valence electrons. The zero-order chi connectivity index (χ0) is 19.9. The van der Waals surface area contributed by atoms with E-state index in [2.05, 4.69) is 54.1 Å². The van der Waals surface area contributed by atoms with E-state index in [0.717, 1.165) is 25.2 Å². The van der Waals surface area contributed by atoms with Gasteiger partial charge in [-0.15, -0.1) is 0 Å². The number of nitrogens with zero attached hydrogens (tertiary/aromatic N) is 1. The number of hydrogen-bond donors (Lipinski definition) is 1. The topological polar surface area (TPSA) is 18.6 Å². The first kappa shape index (κ1) is 20.2. The molecule has 0 radical (unpaired) electrons. The standard InChI is InChI=1S/C23H26F2N2O/c1-18-5-3-6-19(13-18)16-27-10-4-7-21(27)17-26(11-12-28-2)15-20-8-9-22(24)23(25)14-20/h3-10,13-14H,11-12,15-17H2,1-2H3/p+1. The molecule has 5 heteroatoms. The van der Waals surface area contributed by atoms with Crippen LogP contribution in [0.25, 0.3) is 0 Å². The van der Waals surface area contributed by atoms with Crippen molar-refractivity contribution < 1.29 is 18.4 Å². The lowest BCUT2D eigenvalue weighted by Gasteiger charge is -2.21. The molecule has 3 aromatic rings. The summed E-state index contributed by atoms with van der Waals surface area (Å²) in [6.07, 6.45) is 2.09. The third-order valence-electron chi connectivity index (χ3n) is 4.89. The summed E-state index contributed by atoms with van der Waals surface area (Å²) in [5.74, 6) is -1.61. The van der Waals surface area contributed by atoms with Gasteiger partial charge in [0.05, 0.1) is 12.3 Å². The average molecular weight is 385 g/mol. The van der Waals surface area contributed by atoms with Crippen LogP contribution in [0.4, 0.5) is 8.78 Å². The van der Waals surface area contributed by atoms with Gasteiger partial charge < -0.3 is 14.2 Å². The second kappa shape index (κ2) is 9.62. The van der Waals surface area contributed by atoms with Gasteiger partial charge in [-0.05, 0) is 36.8 Å². The predicted octanol–water partition coefficient (Wildman–Crippen LogP) is 3.35. The van der Waals surface area contributed by atoms with Crippen molar-refractivity contribution in [2.75, 3.05) is 20.3 Å². The van der Waals surface area contributed by atoms with Crippen LogP contribution in [0.2, 0.25) is 0 Å². The van der Waals surface area contributed by atoms with Crippen molar-refractivity contribution in [3.63, 3.8) is 0 Å². The Kier molecular flexibility index (Phi) is 6.95. The zero-order valence-corrected chi connectivity index (χ0v) is 16.4. The number of halogens is 2. The first-order chi connectivity index (χ1) is 13.5. The Balaban J connectivity index is 1.74. The molecule has 0 aliphatic carbocycles. The molecule has 0 fully saturated rings. The monoisotopic (exact) mass is 385 g/mol. The number of aryl methyl sites for hydroxylation is 1. The van der Waals surface area contributed by atoms with Crippen LogP contribution in [0.1, 0.15) is 22.4 Å². The summed E-state index contributed by atoms with van der Waals surface area (Å²) >= 11 is 0. The summed E-state index contributed by atoms with van der Waals surface area (Å²) in [6, 6.07) is 16.8. The molecule has 1 heterocycles. The zero-order valence-electron chi connectivity index (χ0n) is 16.4. The van der Waals surface area contributed by atoms with Crippen molar-refractivity contribution in [3.05, 3.63) is 94.8 Å². The highest BCUT2D eigenvalue weighted by atomic mass is 19.2. The first-order valence-electron chi connectivity index (χ1n) is 9.51. The Morgan fingerprint density at radius 2 is 1.79 bits per heavy atom. The molecule has 28 heavy (non-hydrogen) atoms. The normalized spacial score (nSPS) is 12.3. The lowest BCUT2D eigenvalue weighted by atomic mass is 10.1. The quantitative estimate of drug-likeness (QED) is 0.598. The Labute approximate surface area is 165 Å². The lowest BCUT2D eigenvalue weighted by molar-refractivity contribution is -0.928. The number of ether oxygens (including phenoxy) is 1. The van der Waals surface area contributed by atoms with Crippen molar-refractivity contribution in [1.29, 1.82) is 0 Å². The fourth-order valence-electron chi connectivity index (χ4n) is 3.45. The molecule has 0 spiro atoms. The highest BCUT2D eigenvalue weighted by Crippen LogP contribution is 2.10. The van der Waals surface area contributed by atoms with Gasteiger partial charge in [-0.25, -0.2) is 8.78 Å². The molecule has 0 saturated heterocycles. The minimum absolute atomic E-state index is 0.607. The van der Waals surface area contributed by atoms with Crippen molar-refractivity contribution in [2.45, 2.75) is 26.6 Å². The average Bonchev–Trinajstić information content (AvgIpc) is 3.09. The third kappa shape index (κ3) is 5.50. The third-order valence-corrected chi connectivity index (χ3v) is 4.89. The van der Waals surface area contributed by atoms with E-state index in [1.165, 1.54) is 33.9 Å². The van der Waals surface area contributed by atoms with E-state index in [-0.39, 0.29) is 0 Å². The Morgan fingerprint density at radius 3 is 2.54 bits per heavy atom. The van der Waals surface area contributed by atoms with Crippen molar-refractivity contribution in [1.82, 2.24) is 4.57 Å². The number of methoxy groups -OCH3 is 1. The highest BCUT2D eigenvalue weighted by molar-refractivity contribution is 5.23. The molecular weight excluding hydrogens is 358 g/mol. The molecule has 1 atom stereocenters. The molecule has 0 aliphatic rings. The molecule has 0 amide bonds. The minimum Gasteiger partial charge on any atom is -0.379 e. The van der Waals surface area contributed by atoms with Crippen molar-refractivity contribution in [3.8, 4) is 0 Å². The van der Waals surface area contributed by atoms with E-state index in [0.29, 0.717) is 13.2 Å². The van der Waals surface area contributed by atoms with Gasteiger partial charge in [0.15, 0.2) is 11.6 Å². The van der Waals surface area contributed by atoms with Gasteiger partial charge >= 0.3 is 0 Å². The Morgan fingerprint density at radius 1 is 0.929 bits per heavy atom. The number of rotatable bonds is 9. The summed E-state index contributed by atoms with van der Waals surface area (Å²) in [6.45, 7) is 5.69. The van der Waals surface area contributed by atoms with Crippen molar-refractivity contribution >= 4 is 0 Å². The fourth-order valence-corrected chi connectivity index (χ4v) is 3.45. The van der Waals surface area contributed by atoms with Crippen LogP contribution in [0.5, 0.6) is 0 Å². The van der Waals surface area contributed by atoms with Crippen LogP contribution in [-0.2, 0) is 24.4 Å². The second-order valence-electron chi connectivity index (χ2n) is 7.21. The van der Waals surface area contributed by atoms with E-state index in [1.807, 2.05) is 0 Å². The summed E-state index contributed by atoms with van der Waals surface area (Å²) in [4.78, 5) is 1.23. The molecule has 0 bridgehead atoms. The molecule has 0 aliphatic heterocycles. The van der Waals surface area contributed by atoms with E-state index in [9.17, 15) is 8.78 Å². The molecule has 3 rings (SSSR count). The fraction of sp³-hybridized carbons (Fsp3) is 0.304. The molecule has 1 aromatic heterocycles. The van der Waals surface area contributed by atoms with E-state index >= 15 is 0 Å². The van der Waals surface area contributed by atoms with Crippen LogP contribution in [0, 0.1) is 18.6 Å². The second-order valence-corrected chi connectivity index (χ2v) is 7.21. The summed E-state index contributed by atoms with van der Waals surface area (Å²) in [7, 11) is 1.68.